The van der Waals surface area contributed by atoms with Crippen LogP contribution in [0.1, 0.15) is 0 Å². The van der Waals surface area contributed by atoms with E-state index in [9.17, 15) is 0 Å². The topological polar surface area (TPSA) is 0 Å². The average molecular weight is 619 g/mol. The van der Waals surface area contributed by atoms with Gasteiger partial charge in [-0.3, -0.25) is 0 Å². The fraction of sp³-hybridized carbons (Fsp3) is 0. The van der Waals surface area contributed by atoms with E-state index in [0.29, 0.717) is 0 Å². The van der Waals surface area contributed by atoms with Crippen LogP contribution >= 0.6 is 22.7 Å². The van der Waals surface area contributed by atoms with Crippen molar-refractivity contribution in [3.63, 3.8) is 0 Å². The molecular formula is C44H26S2. The average Bonchev–Trinajstić information content (AvgIpc) is 3.73. The zero-order chi connectivity index (χ0) is 30.2. The molecule has 0 N–H and O–H groups in total. The highest BCUT2D eigenvalue weighted by atomic mass is 32.1. The molecule has 0 radical (unpaired) electrons. The van der Waals surface area contributed by atoms with Crippen LogP contribution < -0.4 is 0 Å². The molecule has 0 aliphatic rings. The SMILES string of the molecule is c1ccc(-c2cc3c(ccc4c3sc3cccc(-c5c6ccccc6c(-c6ccc7ccccc7c6)c6ccccc56)c34)s2)cc1. The maximum absolute atomic E-state index is 2.40. The van der Waals surface area contributed by atoms with E-state index in [2.05, 4.69) is 158 Å². The second kappa shape index (κ2) is 10.1. The summed E-state index contributed by atoms with van der Waals surface area (Å²) < 4.78 is 4.05. The van der Waals surface area contributed by atoms with Gasteiger partial charge in [-0.1, -0.05) is 133 Å². The summed E-state index contributed by atoms with van der Waals surface area (Å²) in [4.78, 5) is 1.32. The highest BCUT2D eigenvalue weighted by molar-refractivity contribution is 7.28. The third-order valence-corrected chi connectivity index (χ3v) is 11.8. The molecule has 0 nitrogen and oxygen atoms in total. The summed E-state index contributed by atoms with van der Waals surface area (Å²) in [6.45, 7) is 0. The predicted octanol–water partition coefficient (Wildman–Crippen LogP) is 13.7. The molecule has 0 aliphatic heterocycles. The standard InChI is InChI=1S/C44H26S2/c1-2-12-28(13-3-1)40-26-37-38(45-40)24-23-36-43-35(19-10-20-39(43)46-44(36)37)42-33-17-8-6-15-31(33)41(32-16-7-9-18-34(32)42)30-22-21-27-11-4-5-14-29(27)25-30/h1-26H. The molecule has 0 unspecified atom stereocenters. The van der Waals surface area contributed by atoms with Crippen molar-refractivity contribution in [3.05, 3.63) is 158 Å². The minimum Gasteiger partial charge on any atom is -0.135 e. The monoisotopic (exact) mass is 618 g/mol. The van der Waals surface area contributed by atoms with Crippen LogP contribution in [0.3, 0.4) is 0 Å². The number of benzene rings is 8. The maximum Gasteiger partial charge on any atom is 0.0442 e. The Morgan fingerprint density at radius 3 is 1.78 bits per heavy atom. The maximum atomic E-state index is 2.40. The lowest BCUT2D eigenvalue weighted by Gasteiger charge is -2.18. The molecule has 214 valence electrons. The van der Waals surface area contributed by atoms with E-state index in [1.165, 1.54) is 95.3 Å². The quantitative estimate of drug-likeness (QED) is 0.173. The number of hydrogen-bond acceptors (Lipinski definition) is 2. The number of fused-ring (bicyclic) bond motifs is 8. The van der Waals surface area contributed by atoms with E-state index in [0.717, 1.165) is 0 Å². The van der Waals surface area contributed by atoms with Gasteiger partial charge >= 0.3 is 0 Å². The molecule has 0 saturated carbocycles. The van der Waals surface area contributed by atoms with Gasteiger partial charge in [0.1, 0.15) is 0 Å². The Morgan fingerprint density at radius 1 is 0.348 bits per heavy atom. The number of thiophene rings is 2. The second-order valence-electron chi connectivity index (χ2n) is 12.0. The van der Waals surface area contributed by atoms with E-state index in [1.54, 1.807) is 0 Å². The Morgan fingerprint density at radius 2 is 1.02 bits per heavy atom. The largest absolute Gasteiger partial charge is 0.135 e. The van der Waals surface area contributed by atoms with Crippen molar-refractivity contribution >= 4 is 85.2 Å². The first-order valence-electron chi connectivity index (χ1n) is 15.7. The molecule has 2 heterocycles. The summed E-state index contributed by atoms with van der Waals surface area (Å²) in [6.07, 6.45) is 0. The van der Waals surface area contributed by atoms with Crippen molar-refractivity contribution in [2.75, 3.05) is 0 Å². The van der Waals surface area contributed by atoms with Crippen molar-refractivity contribution in [2.45, 2.75) is 0 Å². The summed E-state index contributed by atoms with van der Waals surface area (Å²) in [7, 11) is 0. The van der Waals surface area contributed by atoms with Gasteiger partial charge in [0.15, 0.2) is 0 Å². The van der Waals surface area contributed by atoms with E-state index in [1.807, 2.05) is 22.7 Å². The smallest absolute Gasteiger partial charge is 0.0442 e. The van der Waals surface area contributed by atoms with Crippen LogP contribution in [0.2, 0.25) is 0 Å². The summed E-state index contributed by atoms with van der Waals surface area (Å²) in [5.74, 6) is 0. The number of rotatable bonds is 3. The second-order valence-corrected chi connectivity index (χ2v) is 14.2. The van der Waals surface area contributed by atoms with Gasteiger partial charge in [-0.15, -0.1) is 22.7 Å². The molecule has 0 atom stereocenters. The van der Waals surface area contributed by atoms with Crippen molar-refractivity contribution in [2.24, 2.45) is 0 Å². The summed E-state index contributed by atoms with van der Waals surface area (Å²) in [5, 5.41) is 11.7. The first-order valence-corrected chi connectivity index (χ1v) is 17.3. The fourth-order valence-corrected chi connectivity index (χ4v) is 9.81. The highest BCUT2D eigenvalue weighted by Crippen LogP contribution is 2.50. The van der Waals surface area contributed by atoms with Gasteiger partial charge in [0, 0.05) is 35.1 Å². The molecule has 0 aliphatic carbocycles. The van der Waals surface area contributed by atoms with Crippen LogP contribution in [0, 0.1) is 0 Å². The highest BCUT2D eigenvalue weighted by Gasteiger charge is 2.20. The minimum atomic E-state index is 1.26. The third-order valence-electron chi connectivity index (χ3n) is 9.46. The van der Waals surface area contributed by atoms with Crippen molar-refractivity contribution in [1.82, 2.24) is 0 Å². The van der Waals surface area contributed by atoms with E-state index in [4.69, 9.17) is 0 Å². The summed E-state index contributed by atoms with van der Waals surface area (Å²) in [5.41, 5.74) is 6.46. The van der Waals surface area contributed by atoms with Crippen LogP contribution in [0.5, 0.6) is 0 Å². The third kappa shape index (κ3) is 3.84. The zero-order valence-electron chi connectivity index (χ0n) is 24.8. The van der Waals surface area contributed by atoms with Gasteiger partial charge < -0.3 is 0 Å². The molecule has 10 rings (SSSR count). The lowest BCUT2D eigenvalue weighted by atomic mass is 9.84. The fourth-order valence-electron chi connectivity index (χ4n) is 7.42. The summed E-state index contributed by atoms with van der Waals surface area (Å²) in [6, 6.07) is 58.3. The molecule has 8 aromatic carbocycles. The molecule has 46 heavy (non-hydrogen) atoms. The molecule has 10 aromatic rings. The van der Waals surface area contributed by atoms with Gasteiger partial charge in [0.25, 0.3) is 0 Å². The lowest BCUT2D eigenvalue weighted by Crippen LogP contribution is -1.91. The van der Waals surface area contributed by atoms with E-state index >= 15 is 0 Å². The van der Waals surface area contributed by atoms with Crippen LogP contribution in [-0.4, -0.2) is 0 Å². The van der Waals surface area contributed by atoms with Gasteiger partial charge in [0.05, 0.1) is 0 Å². The minimum absolute atomic E-state index is 1.26. The Balaban J connectivity index is 1.28. The first-order chi connectivity index (χ1) is 22.8. The first kappa shape index (κ1) is 26.0. The van der Waals surface area contributed by atoms with E-state index < -0.39 is 0 Å². The van der Waals surface area contributed by atoms with E-state index in [-0.39, 0.29) is 0 Å². The van der Waals surface area contributed by atoms with Gasteiger partial charge in [0.2, 0.25) is 0 Å². The summed E-state index contributed by atoms with van der Waals surface area (Å²) >= 11 is 3.81. The Hall–Kier alpha value is -5.28. The molecule has 0 bridgehead atoms. The molecule has 0 amide bonds. The predicted molar refractivity (Wildman–Crippen MR) is 204 cm³/mol. The Bertz CT molecular complexity index is 2740. The van der Waals surface area contributed by atoms with Crippen molar-refractivity contribution in [1.29, 1.82) is 0 Å². The zero-order valence-corrected chi connectivity index (χ0v) is 26.5. The Labute approximate surface area is 274 Å². The Kier molecular flexibility index (Phi) is 5.72. The molecule has 0 spiro atoms. The number of hydrogen-bond donors (Lipinski definition) is 0. The van der Waals surface area contributed by atoms with Crippen molar-refractivity contribution < 1.29 is 0 Å². The van der Waals surface area contributed by atoms with Crippen molar-refractivity contribution in [3.8, 4) is 32.7 Å². The van der Waals surface area contributed by atoms with Crippen LogP contribution in [0.4, 0.5) is 0 Å². The molecule has 2 heteroatoms. The normalized spacial score (nSPS) is 11.9. The van der Waals surface area contributed by atoms with Gasteiger partial charge in [-0.2, -0.15) is 0 Å². The van der Waals surface area contributed by atoms with Gasteiger partial charge in [-0.05, 0) is 84.4 Å². The van der Waals surface area contributed by atoms with Crippen LogP contribution in [0.15, 0.2) is 158 Å². The molecular weight excluding hydrogens is 593 g/mol. The lowest BCUT2D eigenvalue weighted by molar-refractivity contribution is 1.69. The molecule has 2 aromatic heterocycles. The molecule has 0 fully saturated rings. The van der Waals surface area contributed by atoms with Crippen LogP contribution in [-0.2, 0) is 0 Å². The van der Waals surface area contributed by atoms with Gasteiger partial charge in [-0.25, -0.2) is 0 Å². The molecule has 0 saturated heterocycles. The van der Waals surface area contributed by atoms with Crippen LogP contribution in [0.25, 0.3) is 95.3 Å².